The second kappa shape index (κ2) is 7.41. The van der Waals surface area contributed by atoms with Crippen LogP contribution in [0.25, 0.3) is 11.0 Å². The fraction of sp³-hybridized carbons (Fsp3) is 0.348. The number of nitrogens with zero attached hydrogens (tertiary/aromatic N) is 1. The second-order valence-electron chi connectivity index (χ2n) is 7.69. The van der Waals surface area contributed by atoms with E-state index in [9.17, 15) is 4.79 Å². The summed E-state index contributed by atoms with van der Waals surface area (Å²) in [7, 11) is 0. The number of para-hydroxylation sites is 1. The first kappa shape index (κ1) is 17.5. The molecule has 5 nitrogen and oxygen atoms in total. The fourth-order valence-electron chi connectivity index (χ4n) is 4.17. The fourth-order valence-corrected chi connectivity index (χ4v) is 4.17. The Labute approximate surface area is 164 Å². The van der Waals surface area contributed by atoms with Crippen molar-refractivity contribution in [2.24, 2.45) is 0 Å². The van der Waals surface area contributed by atoms with E-state index in [1.807, 2.05) is 24.3 Å². The monoisotopic (exact) mass is 376 g/mol. The Bertz CT molecular complexity index is 971. The maximum absolute atomic E-state index is 12.3. The van der Waals surface area contributed by atoms with Crippen molar-refractivity contribution in [3.05, 3.63) is 65.4 Å². The molecule has 1 saturated heterocycles. The second-order valence-corrected chi connectivity index (χ2v) is 7.69. The Hall–Kier alpha value is -2.63. The van der Waals surface area contributed by atoms with Gasteiger partial charge in [-0.25, -0.2) is 0 Å². The van der Waals surface area contributed by atoms with Crippen LogP contribution in [0.3, 0.4) is 0 Å². The summed E-state index contributed by atoms with van der Waals surface area (Å²) in [5.74, 6) is 0.958. The van der Waals surface area contributed by atoms with Gasteiger partial charge in [-0.15, -0.1) is 0 Å². The third-order valence-electron chi connectivity index (χ3n) is 5.64. The summed E-state index contributed by atoms with van der Waals surface area (Å²) in [5, 5.41) is 4.16. The summed E-state index contributed by atoms with van der Waals surface area (Å²) in [5.41, 5.74) is 4.42. The number of ether oxygens (including phenoxy) is 1. The molecule has 2 aliphatic heterocycles. The lowest BCUT2D eigenvalue weighted by Crippen LogP contribution is -2.30. The predicted octanol–water partition coefficient (Wildman–Crippen LogP) is 4.11. The molecule has 1 fully saturated rings. The van der Waals surface area contributed by atoms with Gasteiger partial charge >= 0.3 is 0 Å². The molecule has 0 saturated carbocycles. The van der Waals surface area contributed by atoms with Gasteiger partial charge < -0.3 is 14.5 Å². The number of anilines is 1. The number of furan rings is 1. The molecule has 1 N–H and O–H groups in total. The molecule has 1 amide bonds. The van der Waals surface area contributed by atoms with Crippen molar-refractivity contribution >= 4 is 22.6 Å². The molecule has 2 aromatic carbocycles. The Kier molecular flexibility index (Phi) is 4.63. The Morgan fingerprint density at radius 1 is 1.14 bits per heavy atom. The number of carbonyl (C=O) groups excluding carboxylic acids is 1. The molecule has 1 aromatic heterocycles. The molecule has 5 heteroatoms. The van der Waals surface area contributed by atoms with Gasteiger partial charge in [0.2, 0.25) is 0 Å². The lowest BCUT2D eigenvalue weighted by molar-refractivity contribution is -0.124. The largest absolute Gasteiger partial charge is 0.460 e. The van der Waals surface area contributed by atoms with E-state index in [4.69, 9.17) is 9.15 Å². The third-order valence-corrected chi connectivity index (χ3v) is 5.64. The van der Waals surface area contributed by atoms with Crippen LogP contribution >= 0.6 is 0 Å². The molecule has 0 aliphatic carbocycles. The molecular weight excluding hydrogens is 352 g/mol. The molecule has 3 aromatic rings. The van der Waals surface area contributed by atoms with Crippen LogP contribution in [0.2, 0.25) is 0 Å². The lowest BCUT2D eigenvalue weighted by atomic mass is 9.99. The quantitative estimate of drug-likeness (QED) is 0.745. The average Bonchev–Trinajstić information content (AvgIpc) is 3.37. The summed E-state index contributed by atoms with van der Waals surface area (Å²) < 4.78 is 11.5. The first-order chi connectivity index (χ1) is 13.7. The highest BCUT2D eigenvalue weighted by Gasteiger charge is 2.24. The van der Waals surface area contributed by atoms with Gasteiger partial charge in [0, 0.05) is 30.8 Å². The average molecular weight is 376 g/mol. The first-order valence-electron chi connectivity index (χ1n) is 9.99. The zero-order valence-electron chi connectivity index (χ0n) is 15.8. The van der Waals surface area contributed by atoms with Crippen LogP contribution in [0.5, 0.6) is 0 Å². The minimum Gasteiger partial charge on any atom is -0.460 e. The highest BCUT2D eigenvalue weighted by Crippen LogP contribution is 2.26. The number of rotatable bonds is 4. The number of hydrogen-bond acceptors (Lipinski definition) is 4. The number of benzene rings is 2. The SMILES string of the molecule is O=C(Nc1ccc2c(c1)CN(Cc1cc3ccccc3o1)CC2)C1CCCO1. The van der Waals surface area contributed by atoms with Crippen LogP contribution in [0.4, 0.5) is 5.69 Å². The summed E-state index contributed by atoms with van der Waals surface area (Å²) in [6.07, 6.45) is 2.47. The van der Waals surface area contributed by atoms with E-state index in [1.165, 1.54) is 11.1 Å². The Morgan fingerprint density at radius 2 is 2.07 bits per heavy atom. The van der Waals surface area contributed by atoms with Crippen LogP contribution in [-0.2, 0) is 29.0 Å². The molecule has 5 rings (SSSR count). The van der Waals surface area contributed by atoms with E-state index in [0.29, 0.717) is 6.61 Å². The van der Waals surface area contributed by atoms with Crippen LogP contribution in [0.1, 0.15) is 29.7 Å². The van der Waals surface area contributed by atoms with Crippen molar-refractivity contribution in [2.45, 2.75) is 38.5 Å². The summed E-state index contributed by atoms with van der Waals surface area (Å²) in [6.45, 7) is 3.33. The van der Waals surface area contributed by atoms with Crippen molar-refractivity contribution in [1.29, 1.82) is 0 Å². The van der Waals surface area contributed by atoms with Gasteiger partial charge in [-0.2, -0.15) is 0 Å². The minimum absolute atomic E-state index is 0.0348. The molecule has 3 heterocycles. The molecule has 0 bridgehead atoms. The Morgan fingerprint density at radius 3 is 2.93 bits per heavy atom. The van der Waals surface area contributed by atoms with Crippen molar-refractivity contribution in [3.63, 3.8) is 0 Å². The third kappa shape index (κ3) is 3.55. The number of fused-ring (bicyclic) bond motifs is 2. The first-order valence-corrected chi connectivity index (χ1v) is 9.99. The van der Waals surface area contributed by atoms with Crippen LogP contribution in [0, 0.1) is 0 Å². The lowest BCUT2D eigenvalue weighted by Gasteiger charge is -2.28. The molecule has 28 heavy (non-hydrogen) atoms. The molecule has 2 aliphatic rings. The molecule has 1 unspecified atom stereocenters. The Balaban J connectivity index is 1.28. The standard InChI is InChI=1S/C23H24N2O3/c26-23(22-6-3-11-27-22)24-19-8-7-16-9-10-25(14-18(16)12-19)15-20-13-17-4-1-2-5-21(17)28-20/h1-2,4-5,7-8,12-13,22H,3,6,9-11,14-15H2,(H,24,26). The zero-order valence-corrected chi connectivity index (χ0v) is 15.8. The van der Waals surface area contributed by atoms with E-state index in [0.717, 1.165) is 61.3 Å². The maximum Gasteiger partial charge on any atom is 0.253 e. The van der Waals surface area contributed by atoms with Gasteiger partial charge in [0.25, 0.3) is 5.91 Å². The number of hydrogen-bond donors (Lipinski definition) is 1. The number of amides is 1. The van der Waals surface area contributed by atoms with E-state index in [-0.39, 0.29) is 12.0 Å². The molecular formula is C23H24N2O3. The van der Waals surface area contributed by atoms with Gasteiger partial charge in [-0.05, 0) is 54.7 Å². The van der Waals surface area contributed by atoms with E-state index < -0.39 is 0 Å². The smallest absolute Gasteiger partial charge is 0.253 e. The number of nitrogens with one attached hydrogen (secondary N) is 1. The highest BCUT2D eigenvalue weighted by atomic mass is 16.5. The van der Waals surface area contributed by atoms with Gasteiger partial charge in [0.1, 0.15) is 17.4 Å². The predicted molar refractivity (Wildman–Crippen MR) is 108 cm³/mol. The molecule has 0 spiro atoms. The molecule has 0 radical (unpaired) electrons. The normalized spacial score (nSPS) is 19.6. The summed E-state index contributed by atoms with van der Waals surface area (Å²) >= 11 is 0. The van der Waals surface area contributed by atoms with Crippen LogP contribution < -0.4 is 5.32 Å². The van der Waals surface area contributed by atoms with Crippen LogP contribution in [-0.4, -0.2) is 30.1 Å². The van der Waals surface area contributed by atoms with E-state index in [1.54, 1.807) is 0 Å². The molecule has 1 atom stereocenters. The number of carbonyl (C=O) groups is 1. The van der Waals surface area contributed by atoms with Crippen LogP contribution in [0.15, 0.2) is 52.9 Å². The van der Waals surface area contributed by atoms with Crippen molar-refractivity contribution < 1.29 is 13.9 Å². The van der Waals surface area contributed by atoms with Gasteiger partial charge in [0.15, 0.2) is 0 Å². The van der Waals surface area contributed by atoms with Gasteiger partial charge in [-0.3, -0.25) is 9.69 Å². The van der Waals surface area contributed by atoms with Gasteiger partial charge in [0.05, 0.1) is 6.54 Å². The maximum atomic E-state index is 12.3. The van der Waals surface area contributed by atoms with Gasteiger partial charge in [-0.1, -0.05) is 24.3 Å². The van der Waals surface area contributed by atoms with Crippen molar-refractivity contribution in [3.8, 4) is 0 Å². The highest BCUT2D eigenvalue weighted by molar-refractivity contribution is 5.94. The summed E-state index contributed by atoms with van der Waals surface area (Å²) in [4.78, 5) is 14.7. The van der Waals surface area contributed by atoms with E-state index >= 15 is 0 Å². The molecule has 144 valence electrons. The zero-order chi connectivity index (χ0) is 18.9. The summed E-state index contributed by atoms with van der Waals surface area (Å²) in [6, 6.07) is 16.5. The van der Waals surface area contributed by atoms with Crippen molar-refractivity contribution in [1.82, 2.24) is 4.90 Å². The topological polar surface area (TPSA) is 54.7 Å². The van der Waals surface area contributed by atoms with E-state index in [2.05, 4.69) is 34.5 Å². The minimum atomic E-state index is -0.305. The van der Waals surface area contributed by atoms with Crippen molar-refractivity contribution in [2.75, 3.05) is 18.5 Å².